The lowest BCUT2D eigenvalue weighted by Crippen LogP contribution is -2.26. The highest BCUT2D eigenvalue weighted by Crippen LogP contribution is 2.28. The summed E-state index contributed by atoms with van der Waals surface area (Å²) < 4.78 is 3.54. The lowest BCUT2D eigenvalue weighted by atomic mass is 10.1. The van der Waals surface area contributed by atoms with Gasteiger partial charge in [-0.2, -0.15) is 0 Å². The first-order valence-corrected chi connectivity index (χ1v) is 10.5. The minimum absolute atomic E-state index is 0.0447. The number of nitrogens with one attached hydrogen (secondary N) is 1. The van der Waals surface area contributed by atoms with Gasteiger partial charge in [-0.1, -0.05) is 30.3 Å². The number of fused-ring (bicyclic) bond motifs is 2. The summed E-state index contributed by atoms with van der Waals surface area (Å²) in [7, 11) is 0. The predicted molar refractivity (Wildman–Crippen MR) is 116 cm³/mol. The van der Waals surface area contributed by atoms with E-state index in [1.807, 2.05) is 54.9 Å². The fourth-order valence-electron chi connectivity index (χ4n) is 4.31. The van der Waals surface area contributed by atoms with E-state index in [1.54, 1.807) is 11.1 Å². The third kappa shape index (κ3) is 3.34. The van der Waals surface area contributed by atoms with Gasteiger partial charge in [-0.15, -0.1) is 0 Å². The van der Waals surface area contributed by atoms with Gasteiger partial charge in [0.2, 0.25) is 5.91 Å². The number of hydrogen-bond donors (Lipinski definition) is 1. The molecule has 0 saturated heterocycles. The average Bonchev–Trinajstić information content (AvgIpc) is 3.46. The van der Waals surface area contributed by atoms with Gasteiger partial charge in [0.1, 0.15) is 5.82 Å². The summed E-state index contributed by atoms with van der Waals surface area (Å²) in [6.07, 6.45) is 4.85. The van der Waals surface area contributed by atoms with E-state index in [0.717, 1.165) is 35.6 Å². The van der Waals surface area contributed by atoms with Crippen LogP contribution in [0.25, 0.3) is 16.8 Å². The van der Waals surface area contributed by atoms with Gasteiger partial charge in [-0.25, -0.2) is 14.5 Å². The van der Waals surface area contributed by atoms with Crippen LogP contribution in [0.5, 0.6) is 0 Å². The second-order valence-electron chi connectivity index (χ2n) is 8.00. The van der Waals surface area contributed by atoms with E-state index < -0.39 is 0 Å². The minimum atomic E-state index is -0.130. The third-order valence-electron chi connectivity index (χ3n) is 5.96. The Kier molecular flexibility index (Phi) is 4.69. The van der Waals surface area contributed by atoms with Crippen molar-refractivity contribution < 1.29 is 4.79 Å². The second-order valence-corrected chi connectivity index (χ2v) is 8.00. The van der Waals surface area contributed by atoms with Crippen molar-refractivity contribution in [2.75, 3.05) is 0 Å². The first-order valence-electron chi connectivity index (χ1n) is 10.5. The molecular formula is C23H24N6O2. The van der Waals surface area contributed by atoms with Gasteiger partial charge < -0.3 is 9.47 Å². The molecule has 4 aromatic rings. The molecule has 0 bridgehead atoms. The Labute approximate surface area is 179 Å². The predicted octanol–water partition coefficient (Wildman–Crippen LogP) is 2.83. The molecule has 0 spiro atoms. The fourth-order valence-corrected chi connectivity index (χ4v) is 4.31. The summed E-state index contributed by atoms with van der Waals surface area (Å²) in [5.41, 5.74) is 4.58. The minimum Gasteiger partial charge on any atom is -0.335 e. The van der Waals surface area contributed by atoms with Crippen molar-refractivity contribution in [3.8, 4) is 11.1 Å². The summed E-state index contributed by atoms with van der Waals surface area (Å²) in [5, 5.41) is 3.15. The molecule has 8 heteroatoms. The number of carbonyl (C=O) groups is 1. The lowest BCUT2D eigenvalue weighted by molar-refractivity contribution is -0.132. The van der Waals surface area contributed by atoms with E-state index >= 15 is 0 Å². The molecule has 158 valence electrons. The van der Waals surface area contributed by atoms with Crippen LogP contribution in [-0.4, -0.2) is 35.0 Å². The highest BCUT2D eigenvalue weighted by Gasteiger charge is 2.29. The molecule has 0 unspecified atom stereocenters. The van der Waals surface area contributed by atoms with Gasteiger partial charge in [-0.05, 0) is 25.8 Å². The van der Waals surface area contributed by atoms with Crippen molar-refractivity contribution in [1.82, 2.24) is 29.0 Å². The quantitative estimate of drug-likeness (QED) is 0.542. The van der Waals surface area contributed by atoms with E-state index in [-0.39, 0.29) is 11.5 Å². The molecule has 0 atom stereocenters. The van der Waals surface area contributed by atoms with Gasteiger partial charge in [-0.3, -0.25) is 14.7 Å². The first-order chi connectivity index (χ1) is 15.0. The molecule has 0 saturated carbocycles. The number of benzene rings is 1. The maximum Gasteiger partial charge on any atom is 0.278 e. The van der Waals surface area contributed by atoms with Gasteiger partial charge in [0, 0.05) is 36.6 Å². The van der Waals surface area contributed by atoms with Crippen molar-refractivity contribution in [2.45, 2.75) is 46.3 Å². The zero-order valence-electron chi connectivity index (χ0n) is 17.6. The van der Waals surface area contributed by atoms with Crippen LogP contribution in [0.4, 0.5) is 0 Å². The number of hydrogen-bond acceptors (Lipinski definition) is 4. The summed E-state index contributed by atoms with van der Waals surface area (Å²) in [5.74, 6) is 0.987. The SMILES string of the molecule is Cc1[nH]n2c(=O)c3c(nc2c1-c1ccccc1)CN(C(=O)CCCn1ccnc1C)C3. The van der Waals surface area contributed by atoms with E-state index in [9.17, 15) is 9.59 Å². The highest BCUT2D eigenvalue weighted by atomic mass is 16.2. The van der Waals surface area contributed by atoms with Crippen LogP contribution in [0.2, 0.25) is 0 Å². The molecule has 1 aromatic carbocycles. The summed E-state index contributed by atoms with van der Waals surface area (Å²) >= 11 is 0. The molecule has 3 aromatic heterocycles. The van der Waals surface area contributed by atoms with Crippen molar-refractivity contribution in [2.24, 2.45) is 0 Å². The molecule has 31 heavy (non-hydrogen) atoms. The zero-order valence-corrected chi connectivity index (χ0v) is 17.6. The standard InChI is InChI=1S/C23H24N6O2/c1-15-21(17-7-4-3-5-8-17)22-25-19-14-28(13-18(19)23(31)29(22)26-15)20(30)9-6-11-27-12-10-24-16(27)2/h3-5,7-8,10,12,26H,6,9,11,13-14H2,1-2H3. The molecule has 1 amide bonds. The third-order valence-corrected chi connectivity index (χ3v) is 5.96. The van der Waals surface area contributed by atoms with Crippen LogP contribution < -0.4 is 5.56 Å². The molecule has 4 heterocycles. The number of nitrogens with zero attached hydrogens (tertiary/aromatic N) is 5. The lowest BCUT2D eigenvalue weighted by Gasteiger charge is -2.15. The fraction of sp³-hybridized carbons (Fsp3) is 0.304. The first kappa shape index (κ1) is 19.3. The molecular weight excluding hydrogens is 392 g/mol. The number of aromatic nitrogens is 5. The van der Waals surface area contributed by atoms with Gasteiger partial charge >= 0.3 is 0 Å². The number of imidazole rings is 1. The molecule has 0 aliphatic carbocycles. The van der Waals surface area contributed by atoms with Crippen molar-refractivity contribution in [1.29, 1.82) is 0 Å². The largest absolute Gasteiger partial charge is 0.335 e. The summed E-state index contributed by atoms with van der Waals surface area (Å²) in [6, 6.07) is 9.91. The monoisotopic (exact) mass is 416 g/mol. The number of H-pyrrole nitrogens is 1. The molecule has 8 nitrogen and oxygen atoms in total. The van der Waals surface area contributed by atoms with Crippen LogP contribution >= 0.6 is 0 Å². The smallest absolute Gasteiger partial charge is 0.278 e. The summed E-state index contributed by atoms with van der Waals surface area (Å²) in [6.45, 7) is 5.33. The number of aryl methyl sites for hydroxylation is 3. The molecule has 1 aliphatic heterocycles. The van der Waals surface area contributed by atoms with Crippen LogP contribution in [0.3, 0.4) is 0 Å². The number of aromatic amines is 1. The van der Waals surface area contributed by atoms with Gasteiger partial charge in [0.25, 0.3) is 5.56 Å². The van der Waals surface area contributed by atoms with E-state index in [0.29, 0.717) is 36.4 Å². The van der Waals surface area contributed by atoms with E-state index in [4.69, 9.17) is 4.98 Å². The summed E-state index contributed by atoms with van der Waals surface area (Å²) in [4.78, 5) is 36.6. The van der Waals surface area contributed by atoms with Crippen LogP contribution in [-0.2, 0) is 24.4 Å². The van der Waals surface area contributed by atoms with Crippen molar-refractivity contribution in [3.63, 3.8) is 0 Å². The topological polar surface area (TPSA) is 88.3 Å². The van der Waals surface area contributed by atoms with E-state index in [1.165, 1.54) is 4.52 Å². The van der Waals surface area contributed by atoms with Crippen LogP contribution in [0, 0.1) is 13.8 Å². The second kappa shape index (κ2) is 7.54. The molecule has 5 rings (SSSR count). The van der Waals surface area contributed by atoms with E-state index in [2.05, 4.69) is 10.1 Å². The number of rotatable bonds is 5. The maximum absolute atomic E-state index is 13.1. The Hall–Kier alpha value is -3.68. The number of amides is 1. The molecule has 1 N–H and O–H groups in total. The van der Waals surface area contributed by atoms with Crippen molar-refractivity contribution in [3.05, 3.63) is 75.9 Å². The molecule has 0 radical (unpaired) electrons. The Balaban J connectivity index is 1.38. The zero-order chi connectivity index (χ0) is 21.5. The Morgan fingerprint density at radius 2 is 1.97 bits per heavy atom. The van der Waals surface area contributed by atoms with Crippen LogP contribution in [0.1, 0.15) is 35.6 Å². The Morgan fingerprint density at radius 3 is 2.71 bits per heavy atom. The normalized spacial score (nSPS) is 13.2. The average molecular weight is 416 g/mol. The highest BCUT2D eigenvalue weighted by molar-refractivity contribution is 5.80. The van der Waals surface area contributed by atoms with Gasteiger partial charge in [0.15, 0.2) is 5.65 Å². The Bertz CT molecular complexity index is 1330. The molecule has 1 aliphatic rings. The Morgan fingerprint density at radius 1 is 1.16 bits per heavy atom. The van der Waals surface area contributed by atoms with Gasteiger partial charge in [0.05, 0.1) is 24.3 Å². The molecule has 0 fully saturated rings. The van der Waals surface area contributed by atoms with Crippen molar-refractivity contribution >= 4 is 11.6 Å². The van der Waals surface area contributed by atoms with Crippen LogP contribution in [0.15, 0.2) is 47.5 Å². The number of carbonyl (C=O) groups excluding carboxylic acids is 1. The maximum atomic E-state index is 13.1.